The molecule has 1 aromatic heterocycles. The number of halogens is 2. The van der Waals surface area contributed by atoms with Crippen LogP contribution in [-0.2, 0) is 4.79 Å². The zero-order valence-electron chi connectivity index (χ0n) is 7.26. The van der Waals surface area contributed by atoms with Crippen LogP contribution in [0.5, 0.6) is 0 Å². The standard InChI is InChI=1S/C9H8Cl2N2O/c10-7-2-1-6(5-12-7)13-8(14)9(11)3-4-9/h1-2,5H,3-4H2,(H,13,14). The number of aromatic nitrogens is 1. The van der Waals surface area contributed by atoms with E-state index in [2.05, 4.69) is 10.3 Å². The molecule has 1 fully saturated rings. The van der Waals surface area contributed by atoms with Gasteiger partial charge in [-0.05, 0) is 25.0 Å². The van der Waals surface area contributed by atoms with Gasteiger partial charge in [0.05, 0.1) is 11.9 Å². The van der Waals surface area contributed by atoms with Gasteiger partial charge in [-0.2, -0.15) is 0 Å². The fourth-order valence-corrected chi connectivity index (χ4v) is 1.28. The van der Waals surface area contributed by atoms with Crippen LogP contribution in [0.3, 0.4) is 0 Å². The van der Waals surface area contributed by atoms with Crippen molar-refractivity contribution in [2.75, 3.05) is 5.32 Å². The van der Waals surface area contributed by atoms with E-state index >= 15 is 0 Å². The molecule has 5 heteroatoms. The van der Waals surface area contributed by atoms with E-state index in [1.54, 1.807) is 12.1 Å². The molecule has 1 N–H and O–H groups in total. The summed E-state index contributed by atoms with van der Waals surface area (Å²) in [5.74, 6) is -0.164. The summed E-state index contributed by atoms with van der Waals surface area (Å²) in [6, 6.07) is 3.31. The largest absolute Gasteiger partial charge is 0.323 e. The van der Waals surface area contributed by atoms with Crippen molar-refractivity contribution < 1.29 is 4.79 Å². The van der Waals surface area contributed by atoms with E-state index in [-0.39, 0.29) is 5.91 Å². The summed E-state index contributed by atoms with van der Waals surface area (Å²) < 4.78 is 0. The van der Waals surface area contributed by atoms with Gasteiger partial charge in [0.1, 0.15) is 10.0 Å². The Hall–Kier alpha value is -0.800. The first kappa shape index (κ1) is 9.74. The molecular formula is C9H8Cl2N2O. The summed E-state index contributed by atoms with van der Waals surface area (Å²) in [6.07, 6.45) is 2.98. The Kier molecular flexibility index (Phi) is 2.37. The minimum atomic E-state index is -0.681. The van der Waals surface area contributed by atoms with Crippen LogP contribution in [0, 0.1) is 0 Å². The lowest BCUT2D eigenvalue weighted by molar-refractivity contribution is -0.116. The highest BCUT2D eigenvalue weighted by molar-refractivity contribution is 6.38. The van der Waals surface area contributed by atoms with Gasteiger partial charge in [-0.1, -0.05) is 11.6 Å². The van der Waals surface area contributed by atoms with Crippen molar-refractivity contribution in [1.29, 1.82) is 0 Å². The van der Waals surface area contributed by atoms with E-state index in [1.165, 1.54) is 6.20 Å². The summed E-state index contributed by atoms with van der Waals surface area (Å²) in [4.78, 5) is 14.6. The maximum Gasteiger partial charge on any atom is 0.245 e. The van der Waals surface area contributed by atoms with Gasteiger partial charge in [-0.3, -0.25) is 4.79 Å². The molecule has 1 aliphatic carbocycles. The number of carbonyl (C=O) groups excluding carboxylic acids is 1. The van der Waals surface area contributed by atoms with Crippen molar-refractivity contribution in [2.24, 2.45) is 0 Å². The number of nitrogens with zero attached hydrogens (tertiary/aromatic N) is 1. The first-order valence-electron chi connectivity index (χ1n) is 4.22. The van der Waals surface area contributed by atoms with Crippen LogP contribution < -0.4 is 5.32 Å². The van der Waals surface area contributed by atoms with Crippen LogP contribution in [0.4, 0.5) is 5.69 Å². The number of alkyl halides is 1. The highest BCUT2D eigenvalue weighted by atomic mass is 35.5. The molecule has 1 amide bonds. The summed E-state index contributed by atoms with van der Waals surface area (Å²) in [7, 11) is 0. The Morgan fingerprint density at radius 3 is 2.71 bits per heavy atom. The van der Waals surface area contributed by atoms with Crippen molar-refractivity contribution in [3.8, 4) is 0 Å². The normalized spacial score (nSPS) is 17.6. The molecule has 0 unspecified atom stereocenters. The average Bonchev–Trinajstić information content (AvgIpc) is 2.89. The lowest BCUT2D eigenvalue weighted by atomic mass is 10.3. The van der Waals surface area contributed by atoms with E-state index in [0.29, 0.717) is 10.8 Å². The molecule has 74 valence electrons. The van der Waals surface area contributed by atoms with Gasteiger partial charge in [0.25, 0.3) is 0 Å². The van der Waals surface area contributed by atoms with E-state index in [0.717, 1.165) is 12.8 Å². The van der Waals surface area contributed by atoms with Crippen molar-refractivity contribution in [3.05, 3.63) is 23.5 Å². The van der Waals surface area contributed by atoms with E-state index in [1.807, 2.05) is 0 Å². The van der Waals surface area contributed by atoms with Gasteiger partial charge >= 0.3 is 0 Å². The number of anilines is 1. The van der Waals surface area contributed by atoms with Crippen LogP contribution in [-0.4, -0.2) is 15.8 Å². The zero-order chi connectivity index (χ0) is 10.2. The second kappa shape index (κ2) is 3.41. The van der Waals surface area contributed by atoms with Gasteiger partial charge in [0.2, 0.25) is 5.91 Å². The van der Waals surface area contributed by atoms with Crippen LogP contribution in [0.15, 0.2) is 18.3 Å². The lowest BCUT2D eigenvalue weighted by Gasteiger charge is -2.07. The Balaban J connectivity index is 2.04. The maximum absolute atomic E-state index is 11.5. The summed E-state index contributed by atoms with van der Waals surface area (Å²) in [6.45, 7) is 0. The number of carbonyl (C=O) groups is 1. The van der Waals surface area contributed by atoms with Crippen LogP contribution >= 0.6 is 23.2 Å². The zero-order valence-corrected chi connectivity index (χ0v) is 8.77. The van der Waals surface area contributed by atoms with Crippen LogP contribution in [0.25, 0.3) is 0 Å². The maximum atomic E-state index is 11.5. The Morgan fingerprint density at radius 1 is 1.50 bits per heavy atom. The smallest absolute Gasteiger partial charge is 0.245 e. The first-order chi connectivity index (χ1) is 6.60. The molecule has 3 nitrogen and oxygen atoms in total. The number of nitrogens with one attached hydrogen (secondary N) is 1. The van der Waals surface area contributed by atoms with E-state index in [9.17, 15) is 4.79 Å². The molecule has 0 atom stereocenters. The molecule has 1 saturated carbocycles. The van der Waals surface area contributed by atoms with Gasteiger partial charge in [0, 0.05) is 0 Å². The van der Waals surface area contributed by atoms with Crippen molar-refractivity contribution in [2.45, 2.75) is 17.7 Å². The third-order valence-corrected chi connectivity index (χ3v) is 2.85. The first-order valence-corrected chi connectivity index (χ1v) is 4.98. The summed E-state index contributed by atoms with van der Waals surface area (Å²) >= 11 is 11.5. The monoisotopic (exact) mass is 230 g/mol. The predicted molar refractivity (Wildman–Crippen MR) is 55.7 cm³/mol. The van der Waals surface area contributed by atoms with Crippen LogP contribution in [0.1, 0.15) is 12.8 Å². The van der Waals surface area contributed by atoms with Crippen molar-refractivity contribution in [1.82, 2.24) is 4.98 Å². The average molecular weight is 231 g/mol. The van der Waals surface area contributed by atoms with Crippen molar-refractivity contribution in [3.63, 3.8) is 0 Å². The summed E-state index contributed by atoms with van der Waals surface area (Å²) in [5, 5.41) is 3.08. The number of amides is 1. The third-order valence-electron chi connectivity index (χ3n) is 2.08. The third kappa shape index (κ3) is 1.99. The van der Waals surface area contributed by atoms with Gasteiger partial charge in [-0.25, -0.2) is 4.98 Å². The molecule has 2 rings (SSSR count). The molecule has 0 radical (unpaired) electrons. The number of pyridine rings is 1. The molecule has 0 saturated heterocycles. The number of hydrogen-bond donors (Lipinski definition) is 1. The minimum Gasteiger partial charge on any atom is -0.323 e. The molecule has 1 aliphatic rings. The Labute approximate surface area is 91.4 Å². The molecule has 14 heavy (non-hydrogen) atoms. The fraction of sp³-hybridized carbons (Fsp3) is 0.333. The predicted octanol–water partition coefficient (Wildman–Crippen LogP) is 2.44. The quantitative estimate of drug-likeness (QED) is 0.627. The molecule has 1 heterocycles. The van der Waals surface area contributed by atoms with E-state index < -0.39 is 4.87 Å². The van der Waals surface area contributed by atoms with Crippen molar-refractivity contribution >= 4 is 34.8 Å². The highest BCUT2D eigenvalue weighted by Crippen LogP contribution is 2.43. The summed E-state index contributed by atoms with van der Waals surface area (Å²) in [5.41, 5.74) is 0.617. The van der Waals surface area contributed by atoms with Crippen LogP contribution in [0.2, 0.25) is 5.15 Å². The SMILES string of the molecule is O=C(Nc1ccc(Cl)nc1)C1(Cl)CC1. The Morgan fingerprint density at radius 2 is 2.21 bits per heavy atom. The molecular weight excluding hydrogens is 223 g/mol. The molecule has 0 bridgehead atoms. The van der Waals surface area contributed by atoms with Gasteiger partial charge in [0.15, 0.2) is 0 Å². The molecule has 0 aromatic carbocycles. The molecule has 1 aromatic rings. The molecule has 0 spiro atoms. The topological polar surface area (TPSA) is 42.0 Å². The lowest BCUT2D eigenvalue weighted by Crippen LogP contribution is -2.24. The number of hydrogen-bond acceptors (Lipinski definition) is 2. The molecule has 0 aliphatic heterocycles. The minimum absolute atomic E-state index is 0.164. The Bertz CT molecular complexity index is 360. The fourth-order valence-electron chi connectivity index (χ4n) is 1.03. The second-order valence-corrected chi connectivity index (χ2v) is 4.40. The van der Waals surface area contributed by atoms with Gasteiger partial charge < -0.3 is 5.32 Å². The number of rotatable bonds is 2. The second-order valence-electron chi connectivity index (χ2n) is 3.29. The van der Waals surface area contributed by atoms with Gasteiger partial charge in [-0.15, -0.1) is 11.6 Å². The highest BCUT2D eigenvalue weighted by Gasteiger charge is 2.48. The van der Waals surface area contributed by atoms with E-state index in [4.69, 9.17) is 23.2 Å².